The zero-order chi connectivity index (χ0) is 14.1. The minimum absolute atomic E-state index is 0.187. The van der Waals surface area contributed by atoms with Gasteiger partial charge < -0.3 is 0 Å². The van der Waals surface area contributed by atoms with Crippen molar-refractivity contribution in [2.45, 2.75) is 33.1 Å². The van der Waals surface area contributed by atoms with E-state index in [2.05, 4.69) is 18.8 Å². The highest BCUT2D eigenvalue weighted by atomic mass is 16.1. The standard InChI is InChI=1S/C18H21NO/c1-12-7-8-14(11-13(12)2)18(20)16-9-10-19-17-6-4-3-5-15(16)17/h3-6,9-10,12-14H,7-8,11H2,1-2H3. The maximum Gasteiger partial charge on any atom is 0.166 e. The maximum atomic E-state index is 12.8. The maximum absolute atomic E-state index is 12.8. The summed E-state index contributed by atoms with van der Waals surface area (Å²) in [6, 6.07) is 9.80. The van der Waals surface area contributed by atoms with Gasteiger partial charge >= 0.3 is 0 Å². The Bertz CT molecular complexity index is 629. The molecule has 3 atom stereocenters. The predicted molar refractivity (Wildman–Crippen MR) is 81.7 cm³/mol. The van der Waals surface area contributed by atoms with Crippen LogP contribution in [0.5, 0.6) is 0 Å². The molecule has 0 N–H and O–H groups in total. The summed E-state index contributed by atoms with van der Waals surface area (Å²) in [5.41, 5.74) is 1.76. The number of aromatic nitrogens is 1. The largest absolute Gasteiger partial charge is 0.294 e. The lowest BCUT2D eigenvalue weighted by molar-refractivity contribution is 0.0839. The van der Waals surface area contributed by atoms with Crippen molar-refractivity contribution in [1.82, 2.24) is 4.98 Å². The molecular formula is C18H21NO. The molecule has 1 aromatic heterocycles. The number of benzene rings is 1. The van der Waals surface area contributed by atoms with Gasteiger partial charge in [-0.25, -0.2) is 0 Å². The van der Waals surface area contributed by atoms with Crippen LogP contribution in [-0.4, -0.2) is 10.8 Å². The van der Waals surface area contributed by atoms with Gasteiger partial charge in [0, 0.05) is 23.1 Å². The molecule has 1 heterocycles. The lowest BCUT2D eigenvalue weighted by Gasteiger charge is -2.31. The second-order valence-electron chi connectivity index (χ2n) is 6.20. The number of ketones is 1. The van der Waals surface area contributed by atoms with Crippen molar-refractivity contribution in [2.75, 3.05) is 0 Å². The molecule has 0 bridgehead atoms. The molecule has 0 aliphatic heterocycles. The third-order valence-electron chi connectivity index (χ3n) is 4.88. The van der Waals surface area contributed by atoms with E-state index in [1.807, 2.05) is 30.3 Å². The number of fused-ring (bicyclic) bond motifs is 1. The zero-order valence-electron chi connectivity index (χ0n) is 12.2. The normalized spacial score (nSPS) is 26.6. The van der Waals surface area contributed by atoms with Gasteiger partial charge in [-0.3, -0.25) is 9.78 Å². The fourth-order valence-electron chi connectivity index (χ4n) is 3.32. The van der Waals surface area contributed by atoms with E-state index in [9.17, 15) is 4.79 Å². The first-order chi connectivity index (χ1) is 9.66. The lowest BCUT2D eigenvalue weighted by Crippen LogP contribution is -2.26. The summed E-state index contributed by atoms with van der Waals surface area (Å²) in [5.74, 6) is 1.88. The van der Waals surface area contributed by atoms with Crippen molar-refractivity contribution in [3.63, 3.8) is 0 Å². The molecule has 1 aromatic carbocycles. The summed E-state index contributed by atoms with van der Waals surface area (Å²) >= 11 is 0. The number of hydrogen-bond donors (Lipinski definition) is 0. The predicted octanol–water partition coefficient (Wildman–Crippen LogP) is 4.49. The molecule has 0 saturated heterocycles. The fraction of sp³-hybridized carbons (Fsp3) is 0.444. The third-order valence-corrected chi connectivity index (χ3v) is 4.88. The number of rotatable bonds is 2. The van der Waals surface area contributed by atoms with Crippen LogP contribution >= 0.6 is 0 Å². The monoisotopic (exact) mass is 267 g/mol. The van der Waals surface area contributed by atoms with E-state index in [1.165, 1.54) is 6.42 Å². The molecule has 1 saturated carbocycles. The summed E-state index contributed by atoms with van der Waals surface area (Å²) in [4.78, 5) is 17.2. The molecule has 2 nitrogen and oxygen atoms in total. The number of Topliss-reactive ketones (excluding diaryl/α,β-unsaturated/α-hetero) is 1. The highest BCUT2D eigenvalue weighted by Crippen LogP contribution is 2.35. The molecular weight excluding hydrogens is 246 g/mol. The second kappa shape index (κ2) is 5.35. The van der Waals surface area contributed by atoms with Crippen molar-refractivity contribution >= 4 is 16.7 Å². The Morgan fingerprint density at radius 3 is 2.70 bits per heavy atom. The SMILES string of the molecule is CC1CCC(C(=O)c2ccnc3ccccc23)CC1C. The Balaban J connectivity index is 1.93. The molecule has 1 fully saturated rings. The van der Waals surface area contributed by atoms with Gasteiger partial charge in [0.25, 0.3) is 0 Å². The molecule has 2 aromatic rings. The number of hydrogen-bond acceptors (Lipinski definition) is 2. The summed E-state index contributed by atoms with van der Waals surface area (Å²) in [6.45, 7) is 4.57. The highest BCUT2D eigenvalue weighted by Gasteiger charge is 2.30. The lowest BCUT2D eigenvalue weighted by atomic mass is 9.73. The fourth-order valence-corrected chi connectivity index (χ4v) is 3.32. The minimum atomic E-state index is 0.187. The molecule has 104 valence electrons. The van der Waals surface area contributed by atoms with Crippen LogP contribution in [0.1, 0.15) is 43.5 Å². The van der Waals surface area contributed by atoms with E-state index in [-0.39, 0.29) is 5.92 Å². The van der Waals surface area contributed by atoms with Gasteiger partial charge in [-0.1, -0.05) is 32.0 Å². The summed E-state index contributed by atoms with van der Waals surface area (Å²) in [6.07, 6.45) is 4.97. The molecule has 3 rings (SSSR count). The average molecular weight is 267 g/mol. The first-order valence-electron chi connectivity index (χ1n) is 7.54. The van der Waals surface area contributed by atoms with Crippen molar-refractivity contribution in [3.8, 4) is 0 Å². The summed E-state index contributed by atoms with van der Waals surface area (Å²) < 4.78 is 0. The number of carbonyl (C=O) groups is 1. The molecule has 1 aliphatic carbocycles. The molecule has 20 heavy (non-hydrogen) atoms. The topological polar surface area (TPSA) is 30.0 Å². The van der Waals surface area contributed by atoms with Crippen molar-refractivity contribution in [2.24, 2.45) is 17.8 Å². The van der Waals surface area contributed by atoms with Gasteiger partial charge in [0.2, 0.25) is 0 Å². The van der Waals surface area contributed by atoms with E-state index in [4.69, 9.17) is 0 Å². The van der Waals surface area contributed by atoms with E-state index >= 15 is 0 Å². The Morgan fingerprint density at radius 1 is 1.10 bits per heavy atom. The Labute approximate surface area is 120 Å². The molecule has 3 unspecified atom stereocenters. The van der Waals surface area contributed by atoms with Crippen LogP contribution in [-0.2, 0) is 0 Å². The summed E-state index contributed by atoms with van der Waals surface area (Å²) in [5, 5.41) is 0.992. The van der Waals surface area contributed by atoms with Gasteiger partial charge in [0.1, 0.15) is 0 Å². The smallest absolute Gasteiger partial charge is 0.166 e. The van der Waals surface area contributed by atoms with Gasteiger partial charge in [0.05, 0.1) is 5.52 Å². The molecule has 0 spiro atoms. The Hall–Kier alpha value is -1.70. The summed E-state index contributed by atoms with van der Waals surface area (Å²) in [7, 11) is 0. The quantitative estimate of drug-likeness (QED) is 0.750. The van der Waals surface area contributed by atoms with E-state index < -0.39 is 0 Å². The highest BCUT2D eigenvalue weighted by molar-refractivity contribution is 6.08. The molecule has 0 amide bonds. The molecule has 1 aliphatic rings. The Morgan fingerprint density at radius 2 is 1.90 bits per heavy atom. The molecule has 2 heteroatoms. The van der Waals surface area contributed by atoms with E-state index in [0.29, 0.717) is 11.7 Å². The van der Waals surface area contributed by atoms with Crippen LogP contribution in [0.4, 0.5) is 0 Å². The molecule has 0 radical (unpaired) electrons. The first-order valence-corrected chi connectivity index (χ1v) is 7.54. The van der Waals surface area contributed by atoms with Crippen LogP contribution in [0.25, 0.3) is 10.9 Å². The average Bonchev–Trinajstić information content (AvgIpc) is 2.49. The van der Waals surface area contributed by atoms with Gasteiger partial charge in [-0.15, -0.1) is 0 Å². The first kappa shape index (κ1) is 13.3. The van der Waals surface area contributed by atoms with E-state index in [1.54, 1.807) is 6.20 Å². The zero-order valence-corrected chi connectivity index (χ0v) is 12.2. The number of carbonyl (C=O) groups excluding carboxylic acids is 1. The van der Waals surface area contributed by atoms with Gasteiger partial charge in [-0.05, 0) is 43.2 Å². The number of nitrogens with zero attached hydrogens (tertiary/aromatic N) is 1. The van der Waals surface area contributed by atoms with Crippen LogP contribution in [0, 0.1) is 17.8 Å². The van der Waals surface area contributed by atoms with Crippen LogP contribution in [0.15, 0.2) is 36.5 Å². The number of para-hydroxylation sites is 1. The minimum Gasteiger partial charge on any atom is -0.294 e. The second-order valence-corrected chi connectivity index (χ2v) is 6.20. The van der Waals surface area contributed by atoms with Gasteiger partial charge in [0.15, 0.2) is 5.78 Å². The van der Waals surface area contributed by atoms with Crippen LogP contribution in [0.2, 0.25) is 0 Å². The van der Waals surface area contributed by atoms with E-state index in [0.717, 1.165) is 35.2 Å². The van der Waals surface area contributed by atoms with Crippen molar-refractivity contribution in [3.05, 3.63) is 42.1 Å². The van der Waals surface area contributed by atoms with Crippen molar-refractivity contribution < 1.29 is 4.79 Å². The van der Waals surface area contributed by atoms with Crippen molar-refractivity contribution in [1.29, 1.82) is 0 Å². The van der Waals surface area contributed by atoms with Crippen LogP contribution in [0.3, 0.4) is 0 Å². The Kier molecular flexibility index (Phi) is 3.56. The third kappa shape index (κ3) is 2.35. The van der Waals surface area contributed by atoms with Crippen LogP contribution < -0.4 is 0 Å². The number of pyridine rings is 1. The van der Waals surface area contributed by atoms with Gasteiger partial charge in [-0.2, -0.15) is 0 Å².